The van der Waals surface area contributed by atoms with Crippen LogP contribution >= 0.6 is 11.8 Å². The number of pyridine rings is 1. The van der Waals surface area contributed by atoms with Crippen molar-refractivity contribution in [2.24, 2.45) is 0 Å². The van der Waals surface area contributed by atoms with Crippen molar-refractivity contribution < 1.29 is 0 Å². The van der Waals surface area contributed by atoms with Gasteiger partial charge in [-0.25, -0.2) is 9.78 Å². The lowest BCUT2D eigenvalue weighted by Crippen LogP contribution is -2.44. The molecule has 2 aromatic heterocycles. The standard InChI is InChI=1S/C18H23N3O2S/c22-17-15-7-4-10-19-16(15)20(14-8-11-24-12-9-14)18(23)21(17)13-5-2-1-3-6-13/h4,7,10,13-14H,1-3,5-6,8-9,11-12H2. The molecule has 1 saturated carbocycles. The molecule has 5 nitrogen and oxygen atoms in total. The van der Waals surface area contributed by atoms with Crippen LogP contribution in [0.2, 0.25) is 0 Å². The minimum Gasteiger partial charge on any atom is -0.274 e. The molecular formula is C18H23N3O2S. The van der Waals surface area contributed by atoms with Gasteiger partial charge in [0.25, 0.3) is 5.56 Å². The van der Waals surface area contributed by atoms with E-state index < -0.39 is 0 Å². The molecule has 0 spiro atoms. The molecule has 0 aromatic carbocycles. The first-order valence-corrected chi connectivity index (χ1v) is 10.1. The second-order valence-corrected chi connectivity index (χ2v) is 8.06. The van der Waals surface area contributed by atoms with Gasteiger partial charge >= 0.3 is 5.69 Å². The van der Waals surface area contributed by atoms with Crippen LogP contribution in [-0.4, -0.2) is 25.6 Å². The van der Waals surface area contributed by atoms with E-state index in [9.17, 15) is 9.59 Å². The quantitative estimate of drug-likeness (QED) is 0.839. The molecule has 0 bridgehead atoms. The molecule has 24 heavy (non-hydrogen) atoms. The van der Waals surface area contributed by atoms with Crippen molar-refractivity contribution in [1.82, 2.24) is 14.1 Å². The average Bonchev–Trinajstić information content (AvgIpc) is 2.64. The van der Waals surface area contributed by atoms with Crippen LogP contribution in [0.3, 0.4) is 0 Å². The summed E-state index contributed by atoms with van der Waals surface area (Å²) in [6.45, 7) is 0. The van der Waals surface area contributed by atoms with Crippen molar-refractivity contribution in [3.63, 3.8) is 0 Å². The highest BCUT2D eigenvalue weighted by Gasteiger charge is 2.26. The van der Waals surface area contributed by atoms with Crippen LogP contribution in [0.1, 0.15) is 57.0 Å². The molecule has 0 unspecified atom stereocenters. The summed E-state index contributed by atoms with van der Waals surface area (Å²) in [5.74, 6) is 2.13. The van der Waals surface area contributed by atoms with Gasteiger partial charge in [0.15, 0.2) is 0 Å². The lowest BCUT2D eigenvalue weighted by molar-refractivity contribution is 0.323. The van der Waals surface area contributed by atoms with E-state index in [1.807, 2.05) is 22.4 Å². The highest BCUT2D eigenvalue weighted by Crippen LogP contribution is 2.29. The SMILES string of the molecule is O=c1c2cccnc2n(C2CCSCC2)c(=O)n1C1CCCCC1. The number of rotatable bonds is 2. The minimum absolute atomic E-state index is 0.0487. The zero-order valence-electron chi connectivity index (χ0n) is 13.8. The fraction of sp³-hybridized carbons (Fsp3) is 0.611. The Morgan fingerprint density at radius 3 is 2.42 bits per heavy atom. The molecule has 0 N–H and O–H groups in total. The smallest absolute Gasteiger partial charge is 0.274 e. The van der Waals surface area contributed by atoms with Crippen LogP contribution in [-0.2, 0) is 0 Å². The molecule has 1 saturated heterocycles. The third-order valence-corrected chi connectivity index (χ3v) is 6.42. The van der Waals surface area contributed by atoms with Gasteiger partial charge in [-0.3, -0.25) is 13.9 Å². The maximum atomic E-state index is 13.3. The summed E-state index contributed by atoms with van der Waals surface area (Å²) in [6.07, 6.45) is 8.89. The Bertz CT molecular complexity index is 845. The van der Waals surface area contributed by atoms with E-state index in [0.717, 1.165) is 50.0 Å². The van der Waals surface area contributed by atoms with Crippen LogP contribution in [0.5, 0.6) is 0 Å². The maximum Gasteiger partial charge on any atom is 0.333 e. The van der Waals surface area contributed by atoms with Crippen molar-refractivity contribution >= 4 is 22.8 Å². The van der Waals surface area contributed by atoms with Gasteiger partial charge in [-0.1, -0.05) is 19.3 Å². The summed E-state index contributed by atoms with van der Waals surface area (Å²) < 4.78 is 3.37. The van der Waals surface area contributed by atoms with Gasteiger partial charge in [-0.2, -0.15) is 11.8 Å². The zero-order chi connectivity index (χ0) is 16.5. The van der Waals surface area contributed by atoms with Crippen molar-refractivity contribution in [2.75, 3.05) is 11.5 Å². The number of thioether (sulfide) groups is 1. The molecule has 0 amide bonds. The van der Waals surface area contributed by atoms with Gasteiger partial charge in [0.2, 0.25) is 0 Å². The highest BCUT2D eigenvalue weighted by molar-refractivity contribution is 7.99. The highest BCUT2D eigenvalue weighted by atomic mass is 32.2. The molecule has 1 aliphatic heterocycles. The summed E-state index contributed by atoms with van der Waals surface area (Å²) in [5.41, 5.74) is 0.267. The van der Waals surface area contributed by atoms with E-state index in [1.54, 1.807) is 16.8 Å². The first-order valence-electron chi connectivity index (χ1n) is 8.97. The van der Waals surface area contributed by atoms with Crippen LogP contribution in [0.4, 0.5) is 0 Å². The number of hydrogen-bond acceptors (Lipinski definition) is 4. The summed E-state index contributed by atoms with van der Waals surface area (Å²) in [6, 6.07) is 3.82. The van der Waals surface area contributed by atoms with Crippen LogP contribution < -0.4 is 11.2 Å². The molecule has 0 atom stereocenters. The Kier molecular flexibility index (Phi) is 4.48. The molecule has 6 heteroatoms. The number of aromatic nitrogens is 3. The predicted octanol–water partition coefficient (Wildman–Crippen LogP) is 3.13. The average molecular weight is 345 g/mol. The van der Waals surface area contributed by atoms with E-state index in [-0.39, 0.29) is 23.3 Å². The number of hydrogen-bond donors (Lipinski definition) is 0. The van der Waals surface area contributed by atoms with Gasteiger partial charge in [0.05, 0.1) is 5.39 Å². The van der Waals surface area contributed by atoms with Gasteiger partial charge in [-0.05, 0) is 49.3 Å². The third-order valence-electron chi connectivity index (χ3n) is 5.37. The molecular weight excluding hydrogens is 322 g/mol. The van der Waals surface area contributed by atoms with Gasteiger partial charge in [0.1, 0.15) is 5.65 Å². The lowest BCUT2D eigenvalue weighted by atomic mass is 9.95. The Labute approximate surface area is 145 Å². The molecule has 1 aliphatic carbocycles. The molecule has 2 aliphatic rings. The third kappa shape index (κ3) is 2.70. The first kappa shape index (κ1) is 15.9. The lowest BCUT2D eigenvalue weighted by Gasteiger charge is -2.28. The van der Waals surface area contributed by atoms with Gasteiger partial charge < -0.3 is 0 Å². The summed E-state index contributed by atoms with van der Waals surface area (Å²) in [5, 5.41) is 0.584. The Hall–Kier alpha value is -1.56. The van der Waals surface area contributed by atoms with Crippen molar-refractivity contribution in [3.8, 4) is 0 Å². The first-order chi connectivity index (χ1) is 11.8. The second-order valence-electron chi connectivity index (χ2n) is 6.84. The van der Waals surface area contributed by atoms with E-state index >= 15 is 0 Å². The summed E-state index contributed by atoms with van der Waals surface area (Å²) >= 11 is 1.94. The molecule has 2 fully saturated rings. The van der Waals surface area contributed by atoms with Crippen molar-refractivity contribution in [3.05, 3.63) is 39.2 Å². The van der Waals surface area contributed by atoms with Gasteiger partial charge in [0, 0.05) is 18.3 Å². The van der Waals surface area contributed by atoms with Crippen molar-refractivity contribution in [1.29, 1.82) is 0 Å². The Morgan fingerprint density at radius 1 is 0.958 bits per heavy atom. The maximum absolute atomic E-state index is 13.3. The summed E-state index contributed by atoms with van der Waals surface area (Å²) in [4.78, 5) is 30.7. The van der Waals surface area contributed by atoms with Crippen molar-refractivity contribution in [2.45, 2.75) is 57.0 Å². The van der Waals surface area contributed by atoms with Crippen LogP contribution in [0.25, 0.3) is 11.0 Å². The van der Waals surface area contributed by atoms with Gasteiger partial charge in [-0.15, -0.1) is 0 Å². The topological polar surface area (TPSA) is 56.9 Å². The van der Waals surface area contributed by atoms with E-state index in [0.29, 0.717) is 11.0 Å². The molecule has 2 aromatic rings. The Morgan fingerprint density at radius 2 is 1.67 bits per heavy atom. The van der Waals surface area contributed by atoms with E-state index in [1.165, 1.54) is 6.42 Å². The van der Waals surface area contributed by atoms with E-state index in [4.69, 9.17) is 0 Å². The summed E-state index contributed by atoms with van der Waals surface area (Å²) in [7, 11) is 0. The predicted molar refractivity (Wildman–Crippen MR) is 98.0 cm³/mol. The number of nitrogens with zero attached hydrogens (tertiary/aromatic N) is 3. The molecule has 4 rings (SSSR count). The molecule has 128 valence electrons. The Balaban J connectivity index is 1.95. The van der Waals surface area contributed by atoms with Crippen LogP contribution in [0, 0.1) is 0 Å². The van der Waals surface area contributed by atoms with E-state index in [2.05, 4.69) is 4.98 Å². The largest absolute Gasteiger partial charge is 0.333 e. The fourth-order valence-electron chi connectivity index (χ4n) is 4.11. The molecule has 3 heterocycles. The normalized spacial score (nSPS) is 20.5. The monoisotopic (exact) mass is 345 g/mol. The fourth-order valence-corrected chi connectivity index (χ4v) is 5.19. The minimum atomic E-state index is -0.156. The molecule has 0 radical (unpaired) electrons. The zero-order valence-corrected chi connectivity index (χ0v) is 14.6. The second kappa shape index (κ2) is 6.75. The van der Waals surface area contributed by atoms with Crippen LogP contribution in [0.15, 0.2) is 27.9 Å². The number of fused-ring (bicyclic) bond motifs is 1.